The Labute approximate surface area is 108 Å². The molecule has 0 amide bonds. The third-order valence-electron chi connectivity index (χ3n) is 3.33. The Morgan fingerprint density at radius 1 is 1.47 bits per heavy atom. The van der Waals surface area contributed by atoms with Crippen molar-refractivity contribution in [3.8, 4) is 0 Å². The second-order valence-corrected chi connectivity index (χ2v) is 5.25. The molecule has 94 valence electrons. The van der Waals surface area contributed by atoms with E-state index < -0.39 is 0 Å². The van der Waals surface area contributed by atoms with Crippen LogP contribution in [0.2, 0.25) is 0 Å². The van der Waals surface area contributed by atoms with Crippen molar-refractivity contribution in [1.82, 2.24) is 5.32 Å². The number of benzene rings is 1. The van der Waals surface area contributed by atoms with E-state index in [9.17, 15) is 0 Å². The summed E-state index contributed by atoms with van der Waals surface area (Å²) >= 11 is 1.83. The SMILES string of the molecule is CCNC(c1ccccc1SC)C1CCOC1. The van der Waals surface area contributed by atoms with Gasteiger partial charge < -0.3 is 10.1 Å². The second kappa shape index (κ2) is 6.43. The normalized spacial score (nSPS) is 21.6. The van der Waals surface area contributed by atoms with Crippen molar-refractivity contribution in [3.05, 3.63) is 29.8 Å². The zero-order valence-corrected chi connectivity index (χ0v) is 11.4. The summed E-state index contributed by atoms with van der Waals surface area (Å²) in [7, 11) is 0. The molecule has 2 unspecified atom stereocenters. The molecule has 0 spiro atoms. The van der Waals surface area contributed by atoms with E-state index in [1.54, 1.807) is 0 Å². The van der Waals surface area contributed by atoms with Gasteiger partial charge in [0.05, 0.1) is 6.61 Å². The maximum atomic E-state index is 5.53. The quantitative estimate of drug-likeness (QED) is 0.813. The third-order valence-corrected chi connectivity index (χ3v) is 4.15. The van der Waals surface area contributed by atoms with E-state index in [1.165, 1.54) is 16.9 Å². The van der Waals surface area contributed by atoms with Crippen LogP contribution in [0, 0.1) is 5.92 Å². The smallest absolute Gasteiger partial charge is 0.0513 e. The Morgan fingerprint density at radius 3 is 2.94 bits per heavy atom. The van der Waals surface area contributed by atoms with E-state index in [1.807, 2.05) is 11.8 Å². The fourth-order valence-corrected chi connectivity index (χ4v) is 3.13. The Kier molecular flexibility index (Phi) is 4.89. The van der Waals surface area contributed by atoms with Crippen molar-refractivity contribution in [1.29, 1.82) is 0 Å². The minimum Gasteiger partial charge on any atom is -0.381 e. The fraction of sp³-hybridized carbons (Fsp3) is 0.571. The highest BCUT2D eigenvalue weighted by Gasteiger charge is 2.27. The van der Waals surface area contributed by atoms with E-state index in [2.05, 4.69) is 42.8 Å². The summed E-state index contributed by atoms with van der Waals surface area (Å²) in [6, 6.07) is 9.14. The summed E-state index contributed by atoms with van der Waals surface area (Å²) in [6.07, 6.45) is 3.31. The van der Waals surface area contributed by atoms with Gasteiger partial charge in [-0.15, -0.1) is 11.8 Å². The largest absolute Gasteiger partial charge is 0.381 e. The average Bonchev–Trinajstić information content (AvgIpc) is 2.89. The molecule has 1 saturated heterocycles. The average molecular weight is 251 g/mol. The Bertz CT molecular complexity index is 350. The number of hydrogen-bond acceptors (Lipinski definition) is 3. The predicted molar refractivity (Wildman–Crippen MR) is 73.6 cm³/mol. The van der Waals surface area contributed by atoms with E-state index >= 15 is 0 Å². The highest BCUT2D eigenvalue weighted by atomic mass is 32.2. The number of rotatable bonds is 5. The van der Waals surface area contributed by atoms with Crippen LogP contribution in [-0.4, -0.2) is 26.0 Å². The number of thioether (sulfide) groups is 1. The molecule has 0 saturated carbocycles. The molecule has 0 radical (unpaired) electrons. The molecule has 0 bridgehead atoms. The lowest BCUT2D eigenvalue weighted by Crippen LogP contribution is -2.29. The Balaban J connectivity index is 2.24. The Morgan fingerprint density at radius 2 is 2.29 bits per heavy atom. The zero-order valence-electron chi connectivity index (χ0n) is 10.6. The minimum absolute atomic E-state index is 0.436. The predicted octanol–water partition coefficient (Wildman–Crippen LogP) is 3.10. The summed E-state index contributed by atoms with van der Waals surface area (Å²) in [6.45, 7) is 4.97. The summed E-state index contributed by atoms with van der Waals surface area (Å²) < 4.78 is 5.53. The van der Waals surface area contributed by atoms with Crippen molar-refractivity contribution in [2.75, 3.05) is 26.0 Å². The van der Waals surface area contributed by atoms with Gasteiger partial charge in [-0.3, -0.25) is 0 Å². The number of hydrogen-bond donors (Lipinski definition) is 1. The molecular formula is C14H21NOS. The molecule has 3 heteroatoms. The molecule has 1 heterocycles. The van der Waals surface area contributed by atoms with Crippen LogP contribution in [0.1, 0.15) is 24.9 Å². The lowest BCUT2D eigenvalue weighted by Gasteiger charge is -2.25. The molecule has 1 N–H and O–H groups in total. The molecule has 1 aliphatic heterocycles. The summed E-state index contributed by atoms with van der Waals surface area (Å²) in [5.41, 5.74) is 1.43. The van der Waals surface area contributed by atoms with E-state index in [0.29, 0.717) is 12.0 Å². The maximum absolute atomic E-state index is 5.53. The first-order valence-electron chi connectivity index (χ1n) is 6.30. The highest BCUT2D eigenvalue weighted by molar-refractivity contribution is 7.98. The van der Waals surface area contributed by atoms with Crippen molar-refractivity contribution in [2.24, 2.45) is 5.92 Å². The topological polar surface area (TPSA) is 21.3 Å². The lowest BCUT2D eigenvalue weighted by atomic mass is 9.92. The van der Waals surface area contributed by atoms with Crippen LogP contribution in [0.4, 0.5) is 0 Å². The first-order chi connectivity index (χ1) is 8.36. The first-order valence-corrected chi connectivity index (χ1v) is 7.53. The maximum Gasteiger partial charge on any atom is 0.0513 e. The minimum atomic E-state index is 0.436. The van der Waals surface area contributed by atoms with Gasteiger partial charge in [0.15, 0.2) is 0 Å². The highest BCUT2D eigenvalue weighted by Crippen LogP contribution is 2.33. The van der Waals surface area contributed by atoms with Gasteiger partial charge in [-0.05, 0) is 30.9 Å². The second-order valence-electron chi connectivity index (χ2n) is 4.40. The molecule has 17 heavy (non-hydrogen) atoms. The van der Waals surface area contributed by atoms with Crippen LogP contribution in [0.3, 0.4) is 0 Å². The molecule has 1 aromatic rings. The Hall–Kier alpha value is -0.510. The van der Waals surface area contributed by atoms with Crippen LogP contribution >= 0.6 is 11.8 Å². The molecule has 1 fully saturated rings. The summed E-state index contributed by atoms with van der Waals surface area (Å²) in [4.78, 5) is 1.38. The molecule has 2 nitrogen and oxygen atoms in total. The van der Waals surface area contributed by atoms with Crippen LogP contribution in [0.5, 0.6) is 0 Å². The van der Waals surface area contributed by atoms with Gasteiger partial charge in [-0.25, -0.2) is 0 Å². The van der Waals surface area contributed by atoms with Crippen LogP contribution in [-0.2, 0) is 4.74 Å². The summed E-state index contributed by atoms with van der Waals surface area (Å²) in [5, 5.41) is 3.62. The van der Waals surface area contributed by atoms with Crippen molar-refractivity contribution in [2.45, 2.75) is 24.3 Å². The summed E-state index contributed by atoms with van der Waals surface area (Å²) in [5.74, 6) is 0.614. The molecule has 1 aliphatic rings. The number of ether oxygens (including phenoxy) is 1. The molecule has 0 aromatic heterocycles. The van der Waals surface area contributed by atoms with Gasteiger partial charge in [0.2, 0.25) is 0 Å². The fourth-order valence-electron chi connectivity index (χ4n) is 2.49. The van der Waals surface area contributed by atoms with Crippen molar-refractivity contribution < 1.29 is 4.74 Å². The van der Waals surface area contributed by atoms with E-state index in [-0.39, 0.29) is 0 Å². The molecule has 1 aromatic carbocycles. The zero-order chi connectivity index (χ0) is 12.1. The lowest BCUT2D eigenvalue weighted by molar-refractivity contribution is 0.176. The van der Waals surface area contributed by atoms with Crippen molar-refractivity contribution in [3.63, 3.8) is 0 Å². The standard InChI is InChI=1S/C14H21NOS/c1-3-15-14(11-8-9-16-10-11)12-6-4-5-7-13(12)17-2/h4-7,11,14-15H,3,8-10H2,1-2H3. The van der Waals surface area contributed by atoms with Gasteiger partial charge in [-0.1, -0.05) is 25.1 Å². The van der Waals surface area contributed by atoms with Gasteiger partial charge in [0.1, 0.15) is 0 Å². The van der Waals surface area contributed by atoms with Gasteiger partial charge in [0.25, 0.3) is 0 Å². The number of nitrogens with one attached hydrogen (secondary N) is 1. The van der Waals surface area contributed by atoms with Gasteiger partial charge in [0, 0.05) is 23.5 Å². The monoisotopic (exact) mass is 251 g/mol. The van der Waals surface area contributed by atoms with E-state index in [4.69, 9.17) is 4.74 Å². The molecule has 2 atom stereocenters. The van der Waals surface area contributed by atoms with Crippen LogP contribution in [0.25, 0.3) is 0 Å². The van der Waals surface area contributed by atoms with Crippen LogP contribution in [0.15, 0.2) is 29.2 Å². The molecule has 2 rings (SSSR count). The molecular weight excluding hydrogens is 230 g/mol. The van der Waals surface area contributed by atoms with Gasteiger partial charge in [-0.2, -0.15) is 0 Å². The van der Waals surface area contributed by atoms with Crippen LogP contribution < -0.4 is 5.32 Å². The molecule has 0 aliphatic carbocycles. The van der Waals surface area contributed by atoms with Crippen molar-refractivity contribution >= 4 is 11.8 Å². The van der Waals surface area contributed by atoms with E-state index in [0.717, 1.165) is 19.8 Å². The first kappa shape index (κ1) is 12.9. The van der Waals surface area contributed by atoms with Gasteiger partial charge >= 0.3 is 0 Å². The third kappa shape index (κ3) is 3.03.